The molecule has 1 aromatic heterocycles. The number of aromatic nitrogens is 1. The lowest BCUT2D eigenvalue weighted by Crippen LogP contribution is -2.16. The lowest BCUT2D eigenvalue weighted by Gasteiger charge is -2.11. The number of carbonyl (C=O) groups is 2. The molecule has 0 bridgehead atoms. The summed E-state index contributed by atoms with van der Waals surface area (Å²) in [6.45, 7) is 4.22. The van der Waals surface area contributed by atoms with Crippen LogP contribution in [0.2, 0.25) is 0 Å². The van der Waals surface area contributed by atoms with Gasteiger partial charge < -0.3 is 10.1 Å². The minimum Gasteiger partial charge on any atom is -0.462 e. The van der Waals surface area contributed by atoms with E-state index in [0.29, 0.717) is 23.4 Å². The smallest absolute Gasteiger partial charge is 0.340 e. The quantitative estimate of drug-likeness (QED) is 0.653. The third-order valence-electron chi connectivity index (χ3n) is 3.29. The first kappa shape index (κ1) is 16.7. The molecule has 23 heavy (non-hydrogen) atoms. The van der Waals surface area contributed by atoms with E-state index in [9.17, 15) is 9.59 Å². The van der Waals surface area contributed by atoms with Crippen molar-refractivity contribution in [1.29, 1.82) is 0 Å². The van der Waals surface area contributed by atoms with Gasteiger partial charge in [0.05, 0.1) is 17.9 Å². The van der Waals surface area contributed by atoms with Crippen molar-refractivity contribution in [3.8, 4) is 0 Å². The summed E-state index contributed by atoms with van der Waals surface area (Å²) in [5.74, 6) is -0.718. The SMILES string of the molecule is CCCCOC(=O)c1ccccc1NC(=O)c1ccnc(C)c1. The second kappa shape index (κ2) is 8.08. The number of ether oxygens (including phenoxy) is 1. The summed E-state index contributed by atoms with van der Waals surface area (Å²) in [5.41, 5.74) is 2.03. The third kappa shape index (κ3) is 4.64. The van der Waals surface area contributed by atoms with Crippen molar-refractivity contribution in [2.24, 2.45) is 0 Å². The highest BCUT2D eigenvalue weighted by atomic mass is 16.5. The van der Waals surface area contributed by atoms with Crippen molar-refractivity contribution in [3.63, 3.8) is 0 Å². The Bertz CT molecular complexity index is 698. The number of amides is 1. The fourth-order valence-electron chi connectivity index (χ4n) is 2.04. The van der Waals surface area contributed by atoms with Crippen LogP contribution in [0.25, 0.3) is 0 Å². The van der Waals surface area contributed by atoms with Gasteiger partial charge in [0.15, 0.2) is 0 Å². The first-order valence-corrected chi connectivity index (χ1v) is 7.62. The summed E-state index contributed by atoms with van der Waals surface area (Å²) in [6, 6.07) is 10.1. The molecule has 1 heterocycles. The van der Waals surface area contributed by atoms with E-state index in [2.05, 4.69) is 10.3 Å². The molecule has 0 aliphatic heterocycles. The monoisotopic (exact) mass is 312 g/mol. The molecule has 2 aromatic rings. The van der Waals surface area contributed by atoms with Crippen LogP contribution in [-0.2, 0) is 4.74 Å². The lowest BCUT2D eigenvalue weighted by atomic mass is 10.1. The number of carbonyl (C=O) groups excluding carboxylic acids is 2. The highest BCUT2D eigenvalue weighted by molar-refractivity contribution is 6.08. The van der Waals surface area contributed by atoms with Crippen LogP contribution in [0.4, 0.5) is 5.69 Å². The molecule has 1 amide bonds. The summed E-state index contributed by atoms with van der Waals surface area (Å²) < 4.78 is 5.22. The molecule has 0 saturated heterocycles. The van der Waals surface area contributed by atoms with E-state index < -0.39 is 5.97 Å². The molecular weight excluding hydrogens is 292 g/mol. The Kier molecular flexibility index (Phi) is 5.86. The van der Waals surface area contributed by atoms with Gasteiger partial charge in [-0.05, 0) is 37.6 Å². The third-order valence-corrected chi connectivity index (χ3v) is 3.29. The topological polar surface area (TPSA) is 68.3 Å². The molecule has 0 aliphatic rings. The van der Waals surface area contributed by atoms with Crippen LogP contribution in [-0.4, -0.2) is 23.5 Å². The second-order valence-corrected chi connectivity index (χ2v) is 5.18. The normalized spacial score (nSPS) is 10.2. The molecule has 1 aromatic carbocycles. The molecule has 1 N–H and O–H groups in total. The van der Waals surface area contributed by atoms with Crippen molar-refractivity contribution in [3.05, 3.63) is 59.4 Å². The van der Waals surface area contributed by atoms with E-state index in [4.69, 9.17) is 4.74 Å². The number of hydrogen-bond acceptors (Lipinski definition) is 4. The Morgan fingerprint density at radius 3 is 2.74 bits per heavy atom. The Morgan fingerprint density at radius 2 is 2.00 bits per heavy atom. The van der Waals surface area contributed by atoms with Crippen molar-refractivity contribution in [2.45, 2.75) is 26.7 Å². The largest absolute Gasteiger partial charge is 0.462 e. The summed E-state index contributed by atoms with van der Waals surface area (Å²) in [6.07, 6.45) is 3.35. The molecule has 0 radical (unpaired) electrons. The van der Waals surface area contributed by atoms with Gasteiger partial charge in [0.1, 0.15) is 0 Å². The van der Waals surface area contributed by atoms with Crippen LogP contribution in [0.1, 0.15) is 46.2 Å². The summed E-state index contributed by atoms with van der Waals surface area (Å²) in [5, 5.41) is 2.76. The van der Waals surface area contributed by atoms with Gasteiger partial charge in [0.2, 0.25) is 0 Å². The fourth-order valence-corrected chi connectivity index (χ4v) is 2.04. The van der Waals surface area contributed by atoms with Gasteiger partial charge >= 0.3 is 5.97 Å². The zero-order valence-electron chi connectivity index (χ0n) is 13.3. The highest BCUT2D eigenvalue weighted by Gasteiger charge is 2.15. The Labute approximate surface area is 135 Å². The molecule has 0 fully saturated rings. The number of anilines is 1. The Morgan fingerprint density at radius 1 is 1.22 bits per heavy atom. The molecule has 5 heteroatoms. The lowest BCUT2D eigenvalue weighted by molar-refractivity contribution is 0.0501. The van der Waals surface area contributed by atoms with E-state index in [-0.39, 0.29) is 5.91 Å². The summed E-state index contributed by atoms with van der Waals surface area (Å²) in [7, 11) is 0. The standard InChI is InChI=1S/C18H20N2O3/c1-3-4-11-23-18(22)15-7-5-6-8-16(15)20-17(21)14-9-10-19-13(2)12-14/h5-10,12H,3-4,11H2,1-2H3,(H,20,21). The van der Waals surface area contributed by atoms with Crippen LogP contribution in [0.3, 0.4) is 0 Å². The molecule has 0 unspecified atom stereocenters. The first-order valence-electron chi connectivity index (χ1n) is 7.62. The van der Waals surface area contributed by atoms with E-state index in [1.165, 1.54) is 0 Å². The minimum absolute atomic E-state index is 0.288. The molecule has 120 valence electrons. The van der Waals surface area contributed by atoms with Gasteiger partial charge in [0, 0.05) is 17.5 Å². The predicted molar refractivity (Wildman–Crippen MR) is 88.6 cm³/mol. The highest BCUT2D eigenvalue weighted by Crippen LogP contribution is 2.17. The van der Waals surface area contributed by atoms with Crippen molar-refractivity contribution < 1.29 is 14.3 Å². The van der Waals surface area contributed by atoms with E-state index in [1.807, 2.05) is 13.8 Å². The number of esters is 1. The number of para-hydroxylation sites is 1. The van der Waals surface area contributed by atoms with Gasteiger partial charge in [-0.25, -0.2) is 4.79 Å². The molecule has 0 aliphatic carbocycles. The van der Waals surface area contributed by atoms with E-state index >= 15 is 0 Å². The van der Waals surface area contributed by atoms with Crippen LogP contribution in [0.15, 0.2) is 42.6 Å². The number of aryl methyl sites for hydroxylation is 1. The van der Waals surface area contributed by atoms with Crippen LogP contribution in [0.5, 0.6) is 0 Å². The van der Waals surface area contributed by atoms with Crippen LogP contribution in [0, 0.1) is 6.92 Å². The predicted octanol–water partition coefficient (Wildman–Crippen LogP) is 3.60. The Balaban J connectivity index is 2.14. The van der Waals surface area contributed by atoms with E-state index in [1.54, 1.807) is 42.6 Å². The molecule has 0 atom stereocenters. The summed E-state index contributed by atoms with van der Waals surface area (Å²) in [4.78, 5) is 28.5. The van der Waals surface area contributed by atoms with Gasteiger partial charge in [-0.3, -0.25) is 9.78 Å². The zero-order chi connectivity index (χ0) is 16.7. The Hall–Kier alpha value is -2.69. The number of hydrogen-bond donors (Lipinski definition) is 1. The van der Waals surface area contributed by atoms with Crippen molar-refractivity contribution in [1.82, 2.24) is 4.98 Å². The van der Waals surface area contributed by atoms with Gasteiger partial charge in [-0.1, -0.05) is 25.5 Å². The van der Waals surface area contributed by atoms with Gasteiger partial charge in [0.25, 0.3) is 5.91 Å². The van der Waals surface area contributed by atoms with Gasteiger partial charge in [-0.2, -0.15) is 0 Å². The maximum atomic E-state index is 12.3. The molecular formula is C18H20N2O3. The average molecular weight is 312 g/mol. The van der Waals surface area contributed by atoms with E-state index in [0.717, 1.165) is 18.5 Å². The minimum atomic E-state index is -0.430. The number of unbranched alkanes of at least 4 members (excludes halogenated alkanes) is 1. The maximum Gasteiger partial charge on any atom is 0.340 e. The summed E-state index contributed by atoms with van der Waals surface area (Å²) >= 11 is 0. The van der Waals surface area contributed by atoms with Crippen molar-refractivity contribution >= 4 is 17.6 Å². The zero-order valence-corrected chi connectivity index (χ0v) is 13.3. The maximum absolute atomic E-state index is 12.3. The van der Waals surface area contributed by atoms with Crippen LogP contribution < -0.4 is 5.32 Å². The first-order chi connectivity index (χ1) is 11.1. The number of rotatable bonds is 6. The number of pyridine rings is 1. The molecule has 5 nitrogen and oxygen atoms in total. The molecule has 0 spiro atoms. The number of nitrogens with zero attached hydrogens (tertiary/aromatic N) is 1. The second-order valence-electron chi connectivity index (χ2n) is 5.18. The molecule has 0 saturated carbocycles. The van der Waals surface area contributed by atoms with Gasteiger partial charge in [-0.15, -0.1) is 0 Å². The number of benzene rings is 1. The average Bonchev–Trinajstić information content (AvgIpc) is 2.55. The van der Waals surface area contributed by atoms with Crippen LogP contribution >= 0.6 is 0 Å². The van der Waals surface area contributed by atoms with Crippen molar-refractivity contribution in [2.75, 3.05) is 11.9 Å². The molecule has 2 rings (SSSR count). The fraction of sp³-hybridized carbons (Fsp3) is 0.278. The number of nitrogens with one attached hydrogen (secondary N) is 1.